The van der Waals surface area contributed by atoms with Crippen molar-refractivity contribution in [1.82, 2.24) is 10.2 Å². The number of carbonyl (C=O) groups is 2. The lowest BCUT2D eigenvalue weighted by Gasteiger charge is -2.32. The summed E-state index contributed by atoms with van der Waals surface area (Å²) in [6, 6.07) is 0. The maximum Gasteiger partial charge on any atom is 0.225 e. The minimum atomic E-state index is -0.835. The van der Waals surface area contributed by atoms with E-state index in [-0.39, 0.29) is 23.7 Å². The van der Waals surface area contributed by atoms with Gasteiger partial charge < -0.3 is 15.3 Å². The third-order valence-corrected chi connectivity index (χ3v) is 4.51. The Morgan fingerprint density at radius 3 is 2.30 bits per heavy atom. The van der Waals surface area contributed by atoms with E-state index in [2.05, 4.69) is 5.32 Å². The zero-order valence-electron chi connectivity index (χ0n) is 12.5. The second-order valence-corrected chi connectivity index (χ2v) is 6.44. The highest BCUT2D eigenvalue weighted by molar-refractivity contribution is 5.82. The Kier molecular flexibility index (Phi) is 4.68. The van der Waals surface area contributed by atoms with Crippen LogP contribution < -0.4 is 5.32 Å². The molecule has 0 aromatic rings. The molecule has 5 heteroatoms. The summed E-state index contributed by atoms with van der Waals surface area (Å²) < 4.78 is 0. The summed E-state index contributed by atoms with van der Waals surface area (Å²) in [6.07, 6.45) is 4.15. The molecular weight excluding hydrogens is 256 g/mol. The average molecular weight is 282 g/mol. The van der Waals surface area contributed by atoms with Crippen molar-refractivity contribution in [2.75, 3.05) is 19.6 Å². The molecule has 0 aromatic carbocycles. The number of piperidine rings is 1. The molecule has 2 aliphatic rings. The number of aliphatic hydroxyl groups is 1. The van der Waals surface area contributed by atoms with Crippen LogP contribution in [0.3, 0.4) is 0 Å². The van der Waals surface area contributed by atoms with Crippen LogP contribution in [0.25, 0.3) is 0 Å². The van der Waals surface area contributed by atoms with Gasteiger partial charge in [0, 0.05) is 31.5 Å². The molecule has 2 N–H and O–H groups in total. The minimum absolute atomic E-state index is 0.0113. The predicted octanol–water partition coefficient (Wildman–Crippen LogP) is 0.912. The molecule has 2 fully saturated rings. The fraction of sp³-hybridized carbons (Fsp3) is 0.867. The molecule has 1 aliphatic heterocycles. The summed E-state index contributed by atoms with van der Waals surface area (Å²) in [5.41, 5.74) is -0.835. The Bertz CT molecular complexity index is 369. The molecule has 1 heterocycles. The van der Waals surface area contributed by atoms with Gasteiger partial charge in [-0.05, 0) is 39.0 Å². The molecule has 1 atom stereocenters. The van der Waals surface area contributed by atoms with Crippen LogP contribution in [0.1, 0.15) is 46.0 Å². The van der Waals surface area contributed by atoms with Gasteiger partial charge in [-0.1, -0.05) is 6.92 Å². The summed E-state index contributed by atoms with van der Waals surface area (Å²) in [7, 11) is 0. The summed E-state index contributed by atoms with van der Waals surface area (Å²) in [5, 5.41) is 12.7. The zero-order chi connectivity index (χ0) is 14.8. The molecule has 5 nitrogen and oxygen atoms in total. The number of hydrogen-bond donors (Lipinski definition) is 2. The van der Waals surface area contributed by atoms with Crippen molar-refractivity contribution < 1.29 is 14.7 Å². The van der Waals surface area contributed by atoms with E-state index in [1.807, 2.05) is 11.8 Å². The third kappa shape index (κ3) is 3.95. The van der Waals surface area contributed by atoms with Crippen LogP contribution >= 0.6 is 0 Å². The molecular formula is C15H26N2O3. The van der Waals surface area contributed by atoms with Crippen molar-refractivity contribution in [3.8, 4) is 0 Å². The van der Waals surface area contributed by atoms with Crippen molar-refractivity contribution in [2.45, 2.75) is 51.6 Å². The smallest absolute Gasteiger partial charge is 0.225 e. The fourth-order valence-electron chi connectivity index (χ4n) is 2.50. The summed E-state index contributed by atoms with van der Waals surface area (Å²) in [5.74, 6) is 0.529. The number of hydrogen-bond acceptors (Lipinski definition) is 3. The Morgan fingerprint density at radius 1 is 1.20 bits per heavy atom. The van der Waals surface area contributed by atoms with Crippen LogP contribution in [0.4, 0.5) is 0 Å². The van der Waals surface area contributed by atoms with Crippen molar-refractivity contribution in [2.24, 2.45) is 11.8 Å². The van der Waals surface area contributed by atoms with E-state index in [1.165, 1.54) is 0 Å². The lowest BCUT2D eigenvalue weighted by molar-refractivity contribution is -0.136. The van der Waals surface area contributed by atoms with E-state index in [1.54, 1.807) is 6.92 Å². The predicted molar refractivity (Wildman–Crippen MR) is 76.0 cm³/mol. The van der Waals surface area contributed by atoms with Gasteiger partial charge in [-0.25, -0.2) is 0 Å². The molecule has 1 unspecified atom stereocenters. The van der Waals surface area contributed by atoms with Gasteiger partial charge in [0.25, 0.3) is 0 Å². The van der Waals surface area contributed by atoms with Gasteiger partial charge in [0.15, 0.2) is 0 Å². The van der Waals surface area contributed by atoms with Crippen LogP contribution in [0.2, 0.25) is 0 Å². The van der Waals surface area contributed by atoms with E-state index in [4.69, 9.17) is 0 Å². The van der Waals surface area contributed by atoms with E-state index in [0.29, 0.717) is 26.1 Å². The molecule has 2 amide bonds. The zero-order valence-corrected chi connectivity index (χ0v) is 12.5. The highest BCUT2D eigenvalue weighted by Gasteiger charge is 2.36. The molecule has 0 spiro atoms. The second-order valence-electron chi connectivity index (χ2n) is 6.44. The first-order chi connectivity index (χ1) is 9.43. The summed E-state index contributed by atoms with van der Waals surface area (Å²) in [4.78, 5) is 25.9. The number of nitrogens with zero attached hydrogens (tertiary/aromatic N) is 1. The number of likely N-dealkylation sites (tertiary alicyclic amines) is 1. The highest BCUT2D eigenvalue weighted by atomic mass is 16.3. The van der Waals surface area contributed by atoms with E-state index in [0.717, 1.165) is 25.7 Å². The second kappa shape index (κ2) is 6.12. The first kappa shape index (κ1) is 15.3. The molecule has 20 heavy (non-hydrogen) atoms. The van der Waals surface area contributed by atoms with Crippen LogP contribution in [-0.2, 0) is 9.59 Å². The minimum Gasteiger partial charge on any atom is -0.388 e. The van der Waals surface area contributed by atoms with Gasteiger partial charge in [-0.2, -0.15) is 0 Å². The first-order valence-electron chi connectivity index (χ1n) is 7.72. The first-order valence-corrected chi connectivity index (χ1v) is 7.72. The van der Waals surface area contributed by atoms with Crippen molar-refractivity contribution in [1.29, 1.82) is 0 Å². The number of carbonyl (C=O) groups excluding carboxylic acids is 2. The topological polar surface area (TPSA) is 69.6 Å². The van der Waals surface area contributed by atoms with E-state index in [9.17, 15) is 14.7 Å². The van der Waals surface area contributed by atoms with Crippen LogP contribution in [-0.4, -0.2) is 47.1 Å². The standard InChI is InChI=1S/C15H26N2O3/c1-3-15(2,20)10-16-13(18)11-6-8-17(9-7-11)14(19)12-4-5-12/h11-12,20H,3-10H2,1-2H3,(H,16,18). The van der Waals surface area contributed by atoms with Crippen molar-refractivity contribution in [3.05, 3.63) is 0 Å². The van der Waals surface area contributed by atoms with Gasteiger partial charge in [0.1, 0.15) is 0 Å². The van der Waals surface area contributed by atoms with Crippen LogP contribution in [0.15, 0.2) is 0 Å². The van der Waals surface area contributed by atoms with Gasteiger partial charge in [-0.15, -0.1) is 0 Å². The van der Waals surface area contributed by atoms with Crippen LogP contribution in [0.5, 0.6) is 0 Å². The lowest BCUT2D eigenvalue weighted by Crippen LogP contribution is -2.46. The Labute approximate surface area is 120 Å². The van der Waals surface area contributed by atoms with E-state index < -0.39 is 5.60 Å². The summed E-state index contributed by atoms with van der Waals surface area (Å²) in [6.45, 7) is 5.30. The van der Waals surface area contributed by atoms with Crippen molar-refractivity contribution >= 4 is 11.8 Å². The number of amides is 2. The highest BCUT2D eigenvalue weighted by Crippen LogP contribution is 2.32. The van der Waals surface area contributed by atoms with Gasteiger partial charge in [-0.3, -0.25) is 9.59 Å². The Hall–Kier alpha value is -1.10. The molecule has 1 saturated carbocycles. The summed E-state index contributed by atoms with van der Waals surface area (Å²) >= 11 is 0. The Balaban J connectivity index is 1.72. The molecule has 1 saturated heterocycles. The number of nitrogens with one attached hydrogen (secondary N) is 1. The lowest BCUT2D eigenvalue weighted by atomic mass is 9.95. The van der Waals surface area contributed by atoms with Gasteiger partial charge >= 0.3 is 0 Å². The Morgan fingerprint density at radius 2 is 1.80 bits per heavy atom. The van der Waals surface area contributed by atoms with Crippen LogP contribution in [0, 0.1) is 11.8 Å². The maximum atomic E-state index is 12.1. The molecule has 0 aromatic heterocycles. The molecule has 0 bridgehead atoms. The molecule has 2 rings (SSSR count). The normalized spacial score (nSPS) is 23.2. The number of rotatable bonds is 5. The van der Waals surface area contributed by atoms with Crippen molar-refractivity contribution in [3.63, 3.8) is 0 Å². The largest absolute Gasteiger partial charge is 0.388 e. The third-order valence-electron chi connectivity index (χ3n) is 4.51. The van der Waals surface area contributed by atoms with Gasteiger partial charge in [0.2, 0.25) is 11.8 Å². The SMILES string of the molecule is CCC(C)(O)CNC(=O)C1CCN(C(=O)C2CC2)CC1. The quantitative estimate of drug-likeness (QED) is 0.787. The fourth-order valence-corrected chi connectivity index (χ4v) is 2.50. The molecule has 1 aliphatic carbocycles. The monoisotopic (exact) mass is 282 g/mol. The van der Waals surface area contributed by atoms with E-state index >= 15 is 0 Å². The van der Waals surface area contributed by atoms with Gasteiger partial charge in [0.05, 0.1) is 5.60 Å². The molecule has 0 radical (unpaired) electrons. The maximum absolute atomic E-state index is 12.1. The average Bonchev–Trinajstić information content (AvgIpc) is 3.29. The molecule has 114 valence electrons.